The molecule has 3 rings (SSSR count). The molecule has 5 heteroatoms. The van der Waals surface area contributed by atoms with Crippen LogP contribution < -0.4 is 10.1 Å². The summed E-state index contributed by atoms with van der Waals surface area (Å²) in [6.45, 7) is 2.13. The third-order valence-corrected chi connectivity index (χ3v) is 4.49. The third-order valence-electron chi connectivity index (χ3n) is 3.73. The van der Waals surface area contributed by atoms with Crippen LogP contribution in [0.25, 0.3) is 11.3 Å². The van der Waals surface area contributed by atoms with E-state index in [1.807, 2.05) is 5.38 Å². The predicted octanol–water partition coefficient (Wildman–Crippen LogP) is 4.63. The molecule has 0 aliphatic rings. The van der Waals surface area contributed by atoms with Gasteiger partial charge in [-0.15, -0.1) is 11.3 Å². The number of rotatable bonds is 5. The highest BCUT2D eigenvalue weighted by Crippen LogP contribution is 2.25. The van der Waals surface area contributed by atoms with Crippen molar-refractivity contribution in [1.82, 2.24) is 4.98 Å². The number of nitrogens with one attached hydrogen (secondary N) is 1. The zero-order chi connectivity index (χ0) is 16.9. The number of ether oxygens (including phenoxy) is 1. The maximum absolute atomic E-state index is 12.3. The standard InChI is InChI=1S/C19H18N2O2S/c1-3-13-4-6-14(7-5-13)17-12-24-19(20-17)21-18(22)15-8-10-16(23-2)11-9-15/h4-12H,3H2,1-2H3,(H,20,21,22). The molecule has 4 nitrogen and oxygen atoms in total. The largest absolute Gasteiger partial charge is 0.497 e. The van der Waals surface area contributed by atoms with E-state index in [0.717, 1.165) is 23.4 Å². The lowest BCUT2D eigenvalue weighted by Gasteiger charge is -2.03. The second-order valence-electron chi connectivity index (χ2n) is 5.27. The summed E-state index contributed by atoms with van der Waals surface area (Å²) in [5, 5.41) is 5.37. The number of carbonyl (C=O) groups excluding carboxylic acids is 1. The fourth-order valence-electron chi connectivity index (χ4n) is 2.29. The van der Waals surface area contributed by atoms with Gasteiger partial charge in [-0.1, -0.05) is 31.2 Å². The van der Waals surface area contributed by atoms with Crippen LogP contribution in [0.5, 0.6) is 5.75 Å². The van der Waals surface area contributed by atoms with Gasteiger partial charge in [0.15, 0.2) is 5.13 Å². The Morgan fingerprint density at radius 3 is 2.46 bits per heavy atom. The minimum Gasteiger partial charge on any atom is -0.497 e. The minimum absolute atomic E-state index is 0.181. The summed E-state index contributed by atoms with van der Waals surface area (Å²) in [7, 11) is 1.60. The number of carbonyl (C=O) groups is 1. The molecule has 24 heavy (non-hydrogen) atoms. The Kier molecular flexibility index (Phi) is 4.91. The molecule has 1 N–H and O–H groups in total. The van der Waals surface area contributed by atoms with Crippen molar-refractivity contribution in [3.8, 4) is 17.0 Å². The van der Waals surface area contributed by atoms with Crippen LogP contribution in [0.2, 0.25) is 0 Å². The molecule has 0 saturated carbocycles. The van der Waals surface area contributed by atoms with E-state index in [0.29, 0.717) is 10.7 Å². The number of hydrogen-bond acceptors (Lipinski definition) is 4. The van der Waals surface area contributed by atoms with Gasteiger partial charge in [0, 0.05) is 16.5 Å². The van der Waals surface area contributed by atoms with Gasteiger partial charge in [0.2, 0.25) is 0 Å². The topological polar surface area (TPSA) is 51.2 Å². The molecular formula is C19H18N2O2S. The van der Waals surface area contributed by atoms with Crippen molar-refractivity contribution in [2.75, 3.05) is 12.4 Å². The van der Waals surface area contributed by atoms with Crippen LogP contribution in [0.15, 0.2) is 53.9 Å². The lowest BCUT2D eigenvalue weighted by atomic mass is 10.1. The summed E-state index contributed by atoms with van der Waals surface area (Å²) in [5.41, 5.74) is 3.78. The van der Waals surface area contributed by atoms with Crippen molar-refractivity contribution in [3.05, 3.63) is 65.0 Å². The van der Waals surface area contributed by atoms with Crippen molar-refractivity contribution < 1.29 is 9.53 Å². The van der Waals surface area contributed by atoms with Gasteiger partial charge >= 0.3 is 0 Å². The summed E-state index contributed by atoms with van der Waals surface area (Å²) < 4.78 is 5.09. The van der Waals surface area contributed by atoms with Gasteiger partial charge in [-0.2, -0.15) is 0 Å². The number of aryl methyl sites for hydroxylation is 1. The number of hydrogen-bond donors (Lipinski definition) is 1. The Balaban J connectivity index is 1.71. The molecule has 0 bridgehead atoms. The molecule has 0 aliphatic carbocycles. The number of methoxy groups -OCH3 is 1. The van der Waals surface area contributed by atoms with Gasteiger partial charge in [-0.05, 0) is 36.2 Å². The number of benzene rings is 2. The van der Waals surface area contributed by atoms with Gasteiger partial charge in [0.1, 0.15) is 5.75 Å². The van der Waals surface area contributed by atoms with Crippen LogP contribution in [0.1, 0.15) is 22.8 Å². The quantitative estimate of drug-likeness (QED) is 0.738. The predicted molar refractivity (Wildman–Crippen MR) is 97.9 cm³/mol. The first-order chi connectivity index (χ1) is 11.7. The molecular weight excluding hydrogens is 320 g/mol. The first kappa shape index (κ1) is 16.2. The van der Waals surface area contributed by atoms with Crippen LogP contribution in [0, 0.1) is 0 Å². The van der Waals surface area contributed by atoms with Crippen LogP contribution >= 0.6 is 11.3 Å². The van der Waals surface area contributed by atoms with E-state index in [1.165, 1.54) is 16.9 Å². The first-order valence-electron chi connectivity index (χ1n) is 7.70. The van der Waals surface area contributed by atoms with Crippen molar-refractivity contribution in [3.63, 3.8) is 0 Å². The van der Waals surface area contributed by atoms with Gasteiger partial charge in [-0.3, -0.25) is 10.1 Å². The van der Waals surface area contributed by atoms with Crippen LogP contribution in [-0.4, -0.2) is 18.0 Å². The second kappa shape index (κ2) is 7.27. The van der Waals surface area contributed by atoms with Crippen LogP contribution in [0.3, 0.4) is 0 Å². The monoisotopic (exact) mass is 338 g/mol. The summed E-state index contributed by atoms with van der Waals surface area (Å²) in [6.07, 6.45) is 1.01. The lowest BCUT2D eigenvalue weighted by molar-refractivity contribution is 0.102. The molecule has 2 aromatic carbocycles. The molecule has 1 aromatic heterocycles. The van der Waals surface area contributed by atoms with E-state index in [1.54, 1.807) is 31.4 Å². The smallest absolute Gasteiger partial charge is 0.257 e. The number of aromatic nitrogens is 1. The van der Waals surface area contributed by atoms with Gasteiger partial charge < -0.3 is 4.74 Å². The highest BCUT2D eigenvalue weighted by Gasteiger charge is 2.10. The molecule has 122 valence electrons. The fraction of sp³-hybridized carbons (Fsp3) is 0.158. The molecule has 0 aliphatic heterocycles. The number of thiazole rings is 1. The van der Waals surface area contributed by atoms with E-state index in [-0.39, 0.29) is 5.91 Å². The molecule has 0 saturated heterocycles. The summed E-state index contributed by atoms with van der Waals surface area (Å²) in [5.74, 6) is 0.540. The molecule has 1 heterocycles. The Morgan fingerprint density at radius 1 is 1.12 bits per heavy atom. The lowest BCUT2D eigenvalue weighted by Crippen LogP contribution is -2.11. The van der Waals surface area contributed by atoms with E-state index in [9.17, 15) is 4.79 Å². The maximum atomic E-state index is 12.3. The van der Waals surface area contributed by atoms with Crippen LogP contribution in [0.4, 0.5) is 5.13 Å². The Hall–Kier alpha value is -2.66. The van der Waals surface area contributed by atoms with E-state index in [4.69, 9.17) is 4.74 Å². The first-order valence-corrected chi connectivity index (χ1v) is 8.58. The van der Waals surface area contributed by atoms with E-state index in [2.05, 4.69) is 41.5 Å². The van der Waals surface area contributed by atoms with Crippen molar-refractivity contribution in [2.24, 2.45) is 0 Å². The zero-order valence-electron chi connectivity index (χ0n) is 13.6. The molecule has 1 amide bonds. The highest BCUT2D eigenvalue weighted by molar-refractivity contribution is 7.14. The van der Waals surface area contributed by atoms with Gasteiger partial charge in [0.05, 0.1) is 12.8 Å². The average Bonchev–Trinajstić information content (AvgIpc) is 3.10. The Labute approximate surface area is 145 Å². The third kappa shape index (κ3) is 3.63. The summed E-state index contributed by atoms with van der Waals surface area (Å²) in [6, 6.07) is 15.3. The maximum Gasteiger partial charge on any atom is 0.257 e. The number of nitrogens with zero attached hydrogens (tertiary/aromatic N) is 1. The molecule has 0 unspecified atom stereocenters. The normalized spacial score (nSPS) is 10.4. The number of amides is 1. The Bertz CT molecular complexity index is 823. The summed E-state index contributed by atoms with van der Waals surface area (Å²) in [4.78, 5) is 16.8. The molecule has 3 aromatic rings. The van der Waals surface area contributed by atoms with Gasteiger partial charge in [-0.25, -0.2) is 4.98 Å². The van der Waals surface area contributed by atoms with Crippen LogP contribution in [-0.2, 0) is 6.42 Å². The number of anilines is 1. The van der Waals surface area contributed by atoms with Crippen molar-refractivity contribution in [2.45, 2.75) is 13.3 Å². The van der Waals surface area contributed by atoms with E-state index < -0.39 is 0 Å². The Morgan fingerprint density at radius 2 is 1.83 bits per heavy atom. The van der Waals surface area contributed by atoms with E-state index >= 15 is 0 Å². The molecule has 0 radical (unpaired) electrons. The fourth-order valence-corrected chi connectivity index (χ4v) is 3.00. The molecule has 0 spiro atoms. The van der Waals surface area contributed by atoms with Gasteiger partial charge in [0.25, 0.3) is 5.91 Å². The summed E-state index contributed by atoms with van der Waals surface area (Å²) >= 11 is 1.42. The SMILES string of the molecule is CCc1ccc(-c2csc(NC(=O)c3ccc(OC)cc3)n2)cc1. The minimum atomic E-state index is -0.181. The zero-order valence-corrected chi connectivity index (χ0v) is 14.4. The second-order valence-corrected chi connectivity index (χ2v) is 6.13. The average molecular weight is 338 g/mol. The highest BCUT2D eigenvalue weighted by atomic mass is 32.1. The van der Waals surface area contributed by atoms with Crippen molar-refractivity contribution in [1.29, 1.82) is 0 Å². The van der Waals surface area contributed by atoms with Crippen molar-refractivity contribution >= 4 is 22.4 Å². The molecule has 0 atom stereocenters. The molecule has 0 fully saturated rings.